The van der Waals surface area contributed by atoms with Crippen LogP contribution in [0, 0.1) is 6.92 Å². The lowest BCUT2D eigenvalue weighted by Crippen LogP contribution is -2.42. The molecule has 0 spiro atoms. The van der Waals surface area contributed by atoms with Crippen molar-refractivity contribution in [3.05, 3.63) is 60.2 Å². The largest absolute Gasteiger partial charge is 0.311 e. The molecule has 2 aromatic carbocycles. The van der Waals surface area contributed by atoms with Crippen LogP contribution in [0.1, 0.15) is 19.4 Å². The standard InChI is InChI=1S/C19H22N2O2/c1-4-20(17-8-6-5-7-9-17)19(23)14-21(16(3)22)18-12-10-15(2)11-13-18/h5-13H,4,14H2,1-3H3. The number of nitrogens with zero attached hydrogens (tertiary/aromatic N) is 2. The van der Waals surface area contributed by atoms with Crippen molar-refractivity contribution in [3.63, 3.8) is 0 Å². The zero-order valence-corrected chi connectivity index (χ0v) is 13.8. The van der Waals surface area contributed by atoms with Gasteiger partial charge in [0.15, 0.2) is 0 Å². The molecular weight excluding hydrogens is 288 g/mol. The second kappa shape index (κ2) is 7.58. The number of rotatable bonds is 5. The van der Waals surface area contributed by atoms with E-state index in [-0.39, 0.29) is 18.4 Å². The van der Waals surface area contributed by atoms with Crippen molar-refractivity contribution >= 4 is 23.2 Å². The molecule has 0 radical (unpaired) electrons. The van der Waals surface area contributed by atoms with Crippen LogP contribution in [-0.4, -0.2) is 24.9 Å². The molecule has 0 aliphatic rings. The molecule has 120 valence electrons. The molecule has 0 saturated carbocycles. The summed E-state index contributed by atoms with van der Waals surface area (Å²) < 4.78 is 0. The Morgan fingerprint density at radius 2 is 1.43 bits per heavy atom. The van der Waals surface area contributed by atoms with Crippen LogP contribution in [0.5, 0.6) is 0 Å². The van der Waals surface area contributed by atoms with Crippen LogP contribution in [0.4, 0.5) is 11.4 Å². The van der Waals surface area contributed by atoms with E-state index in [1.54, 1.807) is 4.90 Å². The maximum absolute atomic E-state index is 12.7. The summed E-state index contributed by atoms with van der Waals surface area (Å²) in [7, 11) is 0. The smallest absolute Gasteiger partial charge is 0.247 e. The van der Waals surface area contributed by atoms with Crippen LogP contribution in [0.15, 0.2) is 54.6 Å². The lowest BCUT2D eigenvalue weighted by Gasteiger charge is -2.26. The van der Waals surface area contributed by atoms with Gasteiger partial charge >= 0.3 is 0 Å². The van der Waals surface area contributed by atoms with E-state index < -0.39 is 0 Å². The van der Waals surface area contributed by atoms with Crippen LogP contribution in [0.2, 0.25) is 0 Å². The van der Waals surface area contributed by atoms with Gasteiger partial charge in [-0.3, -0.25) is 9.59 Å². The third-order valence-electron chi connectivity index (χ3n) is 3.70. The molecule has 0 fully saturated rings. The molecular formula is C19H22N2O2. The van der Waals surface area contributed by atoms with Crippen molar-refractivity contribution < 1.29 is 9.59 Å². The van der Waals surface area contributed by atoms with Gasteiger partial charge in [0.25, 0.3) is 0 Å². The van der Waals surface area contributed by atoms with Gasteiger partial charge in [0.1, 0.15) is 6.54 Å². The summed E-state index contributed by atoms with van der Waals surface area (Å²) in [6.45, 7) is 5.98. The molecule has 0 aliphatic carbocycles. The molecule has 2 aromatic rings. The van der Waals surface area contributed by atoms with Crippen LogP contribution < -0.4 is 9.80 Å². The molecule has 0 aliphatic heterocycles. The number of hydrogen-bond donors (Lipinski definition) is 0. The van der Waals surface area contributed by atoms with E-state index in [0.29, 0.717) is 6.54 Å². The highest BCUT2D eigenvalue weighted by atomic mass is 16.2. The highest BCUT2D eigenvalue weighted by Gasteiger charge is 2.20. The molecule has 0 unspecified atom stereocenters. The average molecular weight is 310 g/mol. The summed E-state index contributed by atoms with van der Waals surface area (Å²) in [6, 6.07) is 17.1. The van der Waals surface area contributed by atoms with Crippen molar-refractivity contribution in [1.29, 1.82) is 0 Å². The molecule has 0 bridgehead atoms. The Morgan fingerprint density at radius 1 is 0.870 bits per heavy atom. The molecule has 0 aromatic heterocycles. The predicted octanol–water partition coefficient (Wildman–Crippen LogP) is 3.40. The molecule has 4 heteroatoms. The Morgan fingerprint density at radius 3 is 1.96 bits per heavy atom. The Labute approximate surface area is 137 Å². The third kappa shape index (κ3) is 4.19. The Kier molecular flexibility index (Phi) is 5.52. The fourth-order valence-electron chi connectivity index (χ4n) is 2.44. The van der Waals surface area contributed by atoms with Crippen LogP contribution in [0.25, 0.3) is 0 Å². The van der Waals surface area contributed by atoms with E-state index in [0.717, 1.165) is 16.9 Å². The molecule has 0 N–H and O–H groups in total. The van der Waals surface area contributed by atoms with E-state index in [1.165, 1.54) is 11.8 Å². The minimum atomic E-state index is -0.147. The molecule has 4 nitrogen and oxygen atoms in total. The number of aryl methyl sites for hydroxylation is 1. The molecule has 2 amide bonds. The van der Waals surface area contributed by atoms with Crippen molar-refractivity contribution in [3.8, 4) is 0 Å². The highest BCUT2D eigenvalue weighted by Crippen LogP contribution is 2.18. The number of carbonyl (C=O) groups is 2. The zero-order valence-electron chi connectivity index (χ0n) is 13.8. The fraction of sp³-hybridized carbons (Fsp3) is 0.263. The first-order valence-electron chi connectivity index (χ1n) is 7.73. The quantitative estimate of drug-likeness (QED) is 0.849. The van der Waals surface area contributed by atoms with Gasteiger partial charge in [0.2, 0.25) is 11.8 Å². The summed E-state index contributed by atoms with van der Waals surface area (Å²) in [4.78, 5) is 27.8. The molecule has 0 saturated heterocycles. The van der Waals surface area contributed by atoms with Crippen LogP contribution in [-0.2, 0) is 9.59 Å². The third-order valence-corrected chi connectivity index (χ3v) is 3.70. The van der Waals surface area contributed by atoms with E-state index in [1.807, 2.05) is 68.4 Å². The van der Waals surface area contributed by atoms with Crippen molar-refractivity contribution in [2.75, 3.05) is 22.9 Å². The number of likely N-dealkylation sites (N-methyl/N-ethyl adjacent to an activating group) is 1. The molecule has 23 heavy (non-hydrogen) atoms. The van der Waals surface area contributed by atoms with E-state index in [4.69, 9.17) is 0 Å². The van der Waals surface area contributed by atoms with Gasteiger partial charge in [0.05, 0.1) is 0 Å². The Bertz CT molecular complexity index is 666. The number of amides is 2. The maximum Gasteiger partial charge on any atom is 0.247 e. The van der Waals surface area contributed by atoms with E-state index >= 15 is 0 Å². The van der Waals surface area contributed by atoms with Gasteiger partial charge in [-0.1, -0.05) is 35.9 Å². The zero-order chi connectivity index (χ0) is 16.8. The molecule has 0 heterocycles. The first-order valence-corrected chi connectivity index (χ1v) is 7.73. The second-order valence-electron chi connectivity index (χ2n) is 5.41. The lowest BCUT2D eigenvalue weighted by molar-refractivity contribution is -0.121. The summed E-state index contributed by atoms with van der Waals surface area (Å²) in [5.41, 5.74) is 2.69. The normalized spacial score (nSPS) is 10.2. The van der Waals surface area contributed by atoms with Gasteiger partial charge in [-0.15, -0.1) is 0 Å². The van der Waals surface area contributed by atoms with Gasteiger partial charge in [-0.2, -0.15) is 0 Å². The minimum Gasteiger partial charge on any atom is -0.311 e. The topological polar surface area (TPSA) is 40.6 Å². The summed E-state index contributed by atoms with van der Waals surface area (Å²) in [6.07, 6.45) is 0. The second-order valence-corrected chi connectivity index (χ2v) is 5.41. The minimum absolute atomic E-state index is 0.0289. The SMILES string of the molecule is CCN(C(=O)CN(C(C)=O)c1ccc(C)cc1)c1ccccc1. The number of para-hydroxylation sites is 1. The lowest BCUT2D eigenvalue weighted by atomic mass is 10.2. The number of carbonyl (C=O) groups excluding carboxylic acids is 2. The van der Waals surface area contributed by atoms with Crippen molar-refractivity contribution in [2.24, 2.45) is 0 Å². The summed E-state index contributed by atoms with van der Waals surface area (Å²) in [5, 5.41) is 0. The first-order chi connectivity index (χ1) is 11.0. The number of hydrogen-bond acceptors (Lipinski definition) is 2. The van der Waals surface area contributed by atoms with E-state index in [2.05, 4.69) is 0 Å². The van der Waals surface area contributed by atoms with Crippen LogP contribution >= 0.6 is 0 Å². The maximum atomic E-state index is 12.7. The molecule has 0 atom stereocenters. The van der Waals surface area contributed by atoms with Gasteiger partial charge in [-0.05, 0) is 38.1 Å². The van der Waals surface area contributed by atoms with Crippen LogP contribution in [0.3, 0.4) is 0 Å². The van der Waals surface area contributed by atoms with Crippen molar-refractivity contribution in [2.45, 2.75) is 20.8 Å². The number of benzene rings is 2. The average Bonchev–Trinajstić information content (AvgIpc) is 2.55. The first kappa shape index (κ1) is 16.7. The summed E-state index contributed by atoms with van der Waals surface area (Å²) >= 11 is 0. The predicted molar refractivity (Wildman–Crippen MR) is 93.7 cm³/mol. The summed E-state index contributed by atoms with van der Waals surface area (Å²) in [5.74, 6) is -0.249. The fourth-order valence-corrected chi connectivity index (χ4v) is 2.44. The highest BCUT2D eigenvalue weighted by molar-refractivity contribution is 6.02. The Balaban J connectivity index is 2.20. The van der Waals surface area contributed by atoms with Gasteiger partial charge < -0.3 is 9.80 Å². The van der Waals surface area contributed by atoms with Gasteiger partial charge in [-0.25, -0.2) is 0 Å². The van der Waals surface area contributed by atoms with E-state index in [9.17, 15) is 9.59 Å². The molecule has 2 rings (SSSR count). The van der Waals surface area contributed by atoms with Crippen molar-refractivity contribution in [1.82, 2.24) is 0 Å². The monoisotopic (exact) mass is 310 g/mol. The van der Waals surface area contributed by atoms with Gasteiger partial charge in [0, 0.05) is 24.8 Å². The Hall–Kier alpha value is -2.62. The number of anilines is 2.